The van der Waals surface area contributed by atoms with E-state index in [1.807, 2.05) is 37.3 Å². The minimum Gasteiger partial charge on any atom is -0.493 e. The van der Waals surface area contributed by atoms with E-state index in [1.165, 1.54) is 12.0 Å². The lowest BCUT2D eigenvalue weighted by atomic mass is 10.1. The van der Waals surface area contributed by atoms with E-state index in [0.29, 0.717) is 11.5 Å². The maximum absolute atomic E-state index is 12.2. The fourth-order valence-electron chi connectivity index (χ4n) is 2.43. The molecule has 0 radical (unpaired) electrons. The average Bonchev–Trinajstić information content (AvgIpc) is 2.66. The number of nitrogens with zero attached hydrogens (tertiary/aromatic N) is 1. The molecule has 1 N–H and O–H groups in total. The van der Waals surface area contributed by atoms with Crippen molar-refractivity contribution in [3.63, 3.8) is 0 Å². The number of likely N-dealkylation sites (N-methyl/N-ethyl adjacent to an activating group) is 1. The zero-order chi connectivity index (χ0) is 18.9. The first-order valence-corrected chi connectivity index (χ1v) is 8.42. The Hall–Kier alpha value is -3.02. The molecule has 2 rings (SSSR count). The van der Waals surface area contributed by atoms with E-state index in [4.69, 9.17) is 9.47 Å². The van der Waals surface area contributed by atoms with Crippen molar-refractivity contribution in [1.29, 1.82) is 0 Å². The molecular formula is C20H24N2O4. The largest absolute Gasteiger partial charge is 0.493 e. The normalized spacial score (nSPS) is 10.1. The number of benzene rings is 2. The molecule has 0 aliphatic heterocycles. The van der Waals surface area contributed by atoms with Crippen LogP contribution < -0.4 is 14.8 Å². The number of ether oxygens (including phenoxy) is 2. The number of hydrogen-bond acceptors (Lipinski definition) is 4. The first-order chi connectivity index (χ1) is 12.5. The topological polar surface area (TPSA) is 67.9 Å². The summed E-state index contributed by atoms with van der Waals surface area (Å²) in [5.41, 5.74) is 1.82. The second kappa shape index (κ2) is 9.46. The number of aryl methyl sites for hydroxylation is 1. The van der Waals surface area contributed by atoms with Crippen LogP contribution in [-0.2, 0) is 16.0 Å². The van der Waals surface area contributed by atoms with Gasteiger partial charge in [0.2, 0.25) is 5.91 Å². The number of methoxy groups -OCH3 is 1. The van der Waals surface area contributed by atoms with E-state index in [-0.39, 0.29) is 25.0 Å². The van der Waals surface area contributed by atoms with Gasteiger partial charge in [-0.1, -0.05) is 37.3 Å². The number of carbonyl (C=O) groups is 2. The number of anilines is 1. The van der Waals surface area contributed by atoms with E-state index in [9.17, 15) is 9.59 Å². The molecule has 138 valence electrons. The quantitative estimate of drug-likeness (QED) is 0.790. The number of hydrogen-bond donors (Lipinski definition) is 1. The number of para-hydroxylation sites is 3. The van der Waals surface area contributed by atoms with Crippen LogP contribution in [-0.4, -0.2) is 44.0 Å². The molecular weight excluding hydrogens is 332 g/mol. The summed E-state index contributed by atoms with van der Waals surface area (Å²) in [6.07, 6.45) is 0.817. The van der Waals surface area contributed by atoms with Gasteiger partial charge in [0.15, 0.2) is 18.1 Å². The summed E-state index contributed by atoms with van der Waals surface area (Å²) in [6.45, 7) is 1.80. The molecule has 26 heavy (non-hydrogen) atoms. The van der Waals surface area contributed by atoms with Crippen LogP contribution in [0.25, 0.3) is 0 Å². The maximum atomic E-state index is 12.2. The molecule has 0 aliphatic carbocycles. The monoisotopic (exact) mass is 356 g/mol. The van der Waals surface area contributed by atoms with Crippen molar-refractivity contribution >= 4 is 17.5 Å². The zero-order valence-corrected chi connectivity index (χ0v) is 15.3. The van der Waals surface area contributed by atoms with Crippen LogP contribution in [0.15, 0.2) is 48.5 Å². The van der Waals surface area contributed by atoms with Crippen LogP contribution in [0.3, 0.4) is 0 Å². The van der Waals surface area contributed by atoms with Gasteiger partial charge in [-0.15, -0.1) is 0 Å². The van der Waals surface area contributed by atoms with Crippen LogP contribution in [0.5, 0.6) is 11.5 Å². The third kappa shape index (κ3) is 5.24. The number of amides is 2. The van der Waals surface area contributed by atoms with Gasteiger partial charge < -0.3 is 19.7 Å². The van der Waals surface area contributed by atoms with Crippen molar-refractivity contribution in [2.45, 2.75) is 13.3 Å². The molecule has 2 amide bonds. The molecule has 6 nitrogen and oxygen atoms in total. The Labute approximate surface area is 153 Å². The first kappa shape index (κ1) is 19.3. The lowest BCUT2D eigenvalue weighted by molar-refractivity contribution is -0.135. The van der Waals surface area contributed by atoms with Gasteiger partial charge in [-0.2, -0.15) is 0 Å². The summed E-state index contributed by atoms with van der Waals surface area (Å²) in [5, 5.41) is 2.85. The molecule has 6 heteroatoms. The molecule has 0 unspecified atom stereocenters. The van der Waals surface area contributed by atoms with Crippen molar-refractivity contribution < 1.29 is 19.1 Å². The summed E-state index contributed by atoms with van der Waals surface area (Å²) in [5.74, 6) is 0.490. The summed E-state index contributed by atoms with van der Waals surface area (Å²) in [6, 6.07) is 14.7. The van der Waals surface area contributed by atoms with Crippen LogP contribution in [0.2, 0.25) is 0 Å². The van der Waals surface area contributed by atoms with Crippen molar-refractivity contribution in [3.8, 4) is 11.5 Å². The molecule has 0 saturated heterocycles. The predicted octanol–water partition coefficient (Wildman–Crippen LogP) is 2.73. The van der Waals surface area contributed by atoms with Gasteiger partial charge >= 0.3 is 0 Å². The van der Waals surface area contributed by atoms with Gasteiger partial charge in [-0.3, -0.25) is 9.59 Å². The smallest absolute Gasteiger partial charge is 0.260 e. The number of carbonyl (C=O) groups excluding carboxylic acids is 2. The molecule has 0 aromatic heterocycles. The Morgan fingerprint density at radius 1 is 1.04 bits per heavy atom. The molecule has 0 heterocycles. The standard InChI is InChI=1S/C20H24N2O4/c1-4-15-9-5-6-10-16(15)21-19(23)13-22(2)20(24)14-26-18-12-8-7-11-17(18)25-3/h5-12H,4,13-14H2,1-3H3,(H,21,23). The number of rotatable bonds is 8. The molecule has 0 fully saturated rings. The van der Waals surface area contributed by atoms with Gasteiger partial charge in [0.1, 0.15) is 0 Å². The Balaban J connectivity index is 1.87. The Morgan fingerprint density at radius 2 is 1.69 bits per heavy atom. The first-order valence-electron chi connectivity index (χ1n) is 8.42. The SMILES string of the molecule is CCc1ccccc1NC(=O)CN(C)C(=O)COc1ccccc1OC. The molecule has 2 aromatic carbocycles. The van der Waals surface area contributed by atoms with Gasteiger partial charge in [-0.05, 0) is 30.2 Å². The highest BCUT2D eigenvalue weighted by Gasteiger charge is 2.15. The summed E-state index contributed by atoms with van der Waals surface area (Å²) < 4.78 is 10.7. The molecule has 0 bridgehead atoms. The Bertz CT molecular complexity index is 761. The van der Waals surface area contributed by atoms with Crippen LogP contribution in [0.4, 0.5) is 5.69 Å². The van der Waals surface area contributed by atoms with Crippen LogP contribution in [0, 0.1) is 0 Å². The van der Waals surface area contributed by atoms with Crippen molar-refractivity contribution in [3.05, 3.63) is 54.1 Å². The van der Waals surface area contributed by atoms with Crippen molar-refractivity contribution in [2.24, 2.45) is 0 Å². The maximum Gasteiger partial charge on any atom is 0.260 e. The molecule has 2 aromatic rings. The second-order valence-corrected chi connectivity index (χ2v) is 5.75. The van der Waals surface area contributed by atoms with E-state index in [1.54, 1.807) is 25.2 Å². The molecule has 0 spiro atoms. The third-order valence-electron chi connectivity index (χ3n) is 3.90. The summed E-state index contributed by atoms with van der Waals surface area (Å²) in [4.78, 5) is 25.7. The van der Waals surface area contributed by atoms with Crippen molar-refractivity contribution in [2.75, 3.05) is 32.6 Å². The van der Waals surface area contributed by atoms with Gasteiger partial charge in [-0.25, -0.2) is 0 Å². The highest BCUT2D eigenvalue weighted by atomic mass is 16.5. The predicted molar refractivity (Wildman–Crippen MR) is 101 cm³/mol. The van der Waals surface area contributed by atoms with Crippen molar-refractivity contribution in [1.82, 2.24) is 4.90 Å². The third-order valence-corrected chi connectivity index (χ3v) is 3.90. The Morgan fingerprint density at radius 3 is 2.38 bits per heavy atom. The molecule has 0 atom stereocenters. The number of nitrogens with one attached hydrogen (secondary N) is 1. The fourth-order valence-corrected chi connectivity index (χ4v) is 2.43. The second-order valence-electron chi connectivity index (χ2n) is 5.75. The highest BCUT2D eigenvalue weighted by molar-refractivity contribution is 5.95. The van der Waals surface area contributed by atoms with Gasteiger partial charge in [0.25, 0.3) is 5.91 Å². The van der Waals surface area contributed by atoms with E-state index in [2.05, 4.69) is 5.32 Å². The highest BCUT2D eigenvalue weighted by Crippen LogP contribution is 2.25. The summed E-state index contributed by atoms with van der Waals surface area (Å²) >= 11 is 0. The molecule has 0 saturated carbocycles. The zero-order valence-electron chi connectivity index (χ0n) is 15.3. The fraction of sp³-hybridized carbons (Fsp3) is 0.300. The van der Waals surface area contributed by atoms with E-state index in [0.717, 1.165) is 17.7 Å². The minimum atomic E-state index is -0.296. The van der Waals surface area contributed by atoms with E-state index < -0.39 is 0 Å². The lowest BCUT2D eigenvalue weighted by Crippen LogP contribution is -2.37. The summed E-state index contributed by atoms with van der Waals surface area (Å²) in [7, 11) is 3.11. The van der Waals surface area contributed by atoms with Crippen LogP contribution >= 0.6 is 0 Å². The van der Waals surface area contributed by atoms with Gasteiger partial charge in [0, 0.05) is 12.7 Å². The Kier molecular flexibility index (Phi) is 7.02. The van der Waals surface area contributed by atoms with E-state index >= 15 is 0 Å². The van der Waals surface area contributed by atoms with Gasteiger partial charge in [0.05, 0.1) is 13.7 Å². The van der Waals surface area contributed by atoms with Crippen LogP contribution in [0.1, 0.15) is 12.5 Å². The molecule has 0 aliphatic rings. The lowest BCUT2D eigenvalue weighted by Gasteiger charge is -2.18. The average molecular weight is 356 g/mol. The minimum absolute atomic E-state index is 0.0494.